The predicted molar refractivity (Wildman–Crippen MR) is 98.8 cm³/mol. The van der Waals surface area contributed by atoms with Gasteiger partial charge in [0.15, 0.2) is 0 Å². The van der Waals surface area contributed by atoms with Gasteiger partial charge in [-0.2, -0.15) is 8.42 Å². The minimum absolute atomic E-state index is 0.0592. The lowest BCUT2D eigenvalue weighted by Crippen LogP contribution is -2.26. The number of hydrogen-bond donors (Lipinski definition) is 1. The third kappa shape index (κ3) is 5.12. The first-order valence-corrected chi connectivity index (χ1v) is 9.72. The van der Waals surface area contributed by atoms with Crippen molar-refractivity contribution in [3.63, 3.8) is 0 Å². The first kappa shape index (κ1) is 20.1. The fraction of sp³-hybridized carbons (Fsp3) is 0.316. The summed E-state index contributed by atoms with van der Waals surface area (Å²) in [5.74, 6) is -1.22. The molecule has 2 rings (SSSR count). The smallest absolute Gasteiger partial charge is 0.314 e. The van der Waals surface area contributed by atoms with E-state index in [0.29, 0.717) is 18.4 Å². The Morgan fingerprint density at radius 1 is 1.12 bits per heavy atom. The van der Waals surface area contributed by atoms with E-state index in [1.165, 1.54) is 0 Å². The van der Waals surface area contributed by atoms with E-state index >= 15 is 0 Å². The molecule has 1 N–H and O–H groups in total. The van der Waals surface area contributed by atoms with Crippen LogP contribution in [-0.2, 0) is 20.7 Å². The van der Waals surface area contributed by atoms with Gasteiger partial charge in [0, 0.05) is 0 Å². The van der Waals surface area contributed by atoms with Crippen molar-refractivity contribution in [2.24, 2.45) is 5.16 Å². The van der Waals surface area contributed by atoms with Crippen LogP contribution in [0.1, 0.15) is 36.0 Å². The van der Waals surface area contributed by atoms with Crippen molar-refractivity contribution in [1.29, 1.82) is 0 Å². The molecule has 0 heterocycles. The zero-order chi connectivity index (χ0) is 19.0. The fourth-order valence-electron chi connectivity index (χ4n) is 2.54. The largest absolute Gasteiger partial charge is 0.410 e. The van der Waals surface area contributed by atoms with Crippen molar-refractivity contribution >= 4 is 15.2 Å². The molecule has 140 valence electrons. The molecule has 0 spiro atoms. The van der Waals surface area contributed by atoms with Crippen LogP contribution in [0.3, 0.4) is 0 Å². The van der Waals surface area contributed by atoms with Crippen LogP contribution in [-0.4, -0.2) is 32.0 Å². The van der Waals surface area contributed by atoms with Crippen molar-refractivity contribution in [3.05, 3.63) is 71.3 Å². The van der Waals surface area contributed by atoms with Crippen molar-refractivity contribution in [3.8, 4) is 0 Å². The van der Waals surface area contributed by atoms with Gasteiger partial charge in [0.1, 0.15) is 6.67 Å². The summed E-state index contributed by atoms with van der Waals surface area (Å²) in [5, 5.41) is 11.2. The van der Waals surface area contributed by atoms with Crippen molar-refractivity contribution in [2.75, 3.05) is 13.3 Å². The number of rotatable bonds is 8. The molecular formula is C19H22FNO4S. The molecule has 0 aliphatic heterocycles. The molecule has 5 nitrogen and oxygen atoms in total. The van der Waals surface area contributed by atoms with Gasteiger partial charge in [0.2, 0.25) is 5.04 Å². The Bertz CT molecular complexity index is 820. The summed E-state index contributed by atoms with van der Waals surface area (Å²) >= 11 is 0. The highest BCUT2D eigenvalue weighted by Crippen LogP contribution is 2.23. The molecule has 0 bridgehead atoms. The number of hydrogen-bond acceptors (Lipinski definition) is 5. The normalized spacial score (nSPS) is 13.5. The van der Waals surface area contributed by atoms with Crippen LogP contribution in [0.5, 0.6) is 0 Å². The Labute approximate surface area is 153 Å². The summed E-state index contributed by atoms with van der Waals surface area (Å²) in [6, 6.07) is 16.8. The van der Waals surface area contributed by atoms with E-state index in [1.54, 1.807) is 31.2 Å². The fourth-order valence-corrected chi connectivity index (χ4v) is 3.70. The predicted octanol–water partition coefficient (Wildman–Crippen LogP) is 3.87. The second kappa shape index (κ2) is 9.45. The van der Waals surface area contributed by atoms with E-state index in [4.69, 9.17) is 9.39 Å². The third-order valence-electron chi connectivity index (χ3n) is 3.88. The Kier molecular flexibility index (Phi) is 7.29. The molecule has 0 fully saturated rings. The number of benzene rings is 2. The first-order valence-electron chi connectivity index (χ1n) is 8.32. The zero-order valence-corrected chi connectivity index (χ0v) is 15.3. The van der Waals surface area contributed by atoms with E-state index in [0.717, 1.165) is 11.1 Å². The van der Waals surface area contributed by atoms with E-state index in [2.05, 4.69) is 5.16 Å². The molecule has 1 unspecified atom stereocenters. The lowest BCUT2D eigenvalue weighted by atomic mass is 9.98. The molecule has 0 saturated heterocycles. The lowest BCUT2D eigenvalue weighted by molar-refractivity contribution is 0.307. The van der Waals surface area contributed by atoms with Crippen molar-refractivity contribution in [2.45, 2.75) is 25.7 Å². The molecule has 0 aliphatic rings. The SMILES string of the molecule is CCCOS(=O)(=O)C(=NO)C(CF)c1ccc(Cc2ccccc2)cc1. The van der Waals surface area contributed by atoms with Gasteiger partial charge < -0.3 is 5.21 Å². The van der Waals surface area contributed by atoms with Gasteiger partial charge in [-0.15, -0.1) is 0 Å². The van der Waals surface area contributed by atoms with Gasteiger partial charge in [-0.1, -0.05) is 66.7 Å². The summed E-state index contributed by atoms with van der Waals surface area (Å²) in [6.45, 7) is 0.659. The van der Waals surface area contributed by atoms with Gasteiger partial charge in [0.25, 0.3) is 0 Å². The molecule has 7 heteroatoms. The van der Waals surface area contributed by atoms with Gasteiger partial charge in [-0.3, -0.25) is 4.18 Å². The number of nitrogens with zero attached hydrogens (tertiary/aromatic N) is 1. The van der Waals surface area contributed by atoms with E-state index < -0.39 is 27.8 Å². The van der Waals surface area contributed by atoms with Crippen LogP contribution in [0, 0.1) is 0 Å². The van der Waals surface area contributed by atoms with Crippen molar-refractivity contribution in [1.82, 2.24) is 0 Å². The van der Waals surface area contributed by atoms with Gasteiger partial charge in [-0.05, 0) is 29.5 Å². The highest BCUT2D eigenvalue weighted by Gasteiger charge is 2.31. The summed E-state index contributed by atoms with van der Waals surface area (Å²) in [4.78, 5) is 0. The molecule has 0 amide bonds. The Morgan fingerprint density at radius 3 is 2.27 bits per heavy atom. The molecule has 0 aliphatic carbocycles. The van der Waals surface area contributed by atoms with Crippen LogP contribution in [0.2, 0.25) is 0 Å². The second-order valence-electron chi connectivity index (χ2n) is 5.83. The maximum atomic E-state index is 13.6. The third-order valence-corrected chi connectivity index (χ3v) is 5.24. The molecule has 2 aromatic rings. The molecule has 2 aromatic carbocycles. The summed E-state index contributed by atoms with van der Waals surface area (Å²) in [7, 11) is -4.29. The van der Waals surface area contributed by atoms with E-state index in [9.17, 15) is 12.8 Å². The van der Waals surface area contributed by atoms with Crippen LogP contribution >= 0.6 is 0 Å². The summed E-state index contributed by atoms with van der Waals surface area (Å²) < 4.78 is 42.6. The molecule has 0 radical (unpaired) electrons. The monoisotopic (exact) mass is 379 g/mol. The molecule has 0 saturated carbocycles. The highest BCUT2D eigenvalue weighted by atomic mass is 32.2. The molecular weight excluding hydrogens is 357 g/mol. The van der Waals surface area contributed by atoms with Crippen molar-refractivity contribution < 1.29 is 22.2 Å². The van der Waals surface area contributed by atoms with E-state index in [-0.39, 0.29) is 6.61 Å². The number of alkyl halides is 1. The zero-order valence-electron chi connectivity index (χ0n) is 14.5. The van der Waals surface area contributed by atoms with Gasteiger partial charge in [-0.25, -0.2) is 4.39 Å². The van der Waals surface area contributed by atoms with E-state index in [1.807, 2.05) is 30.3 Å². The standard InChI is InChI=1S/C19H22FNO4S/c1-2-12-25-26(23,24)19(21-22)18(14-20)17-10-8-16(9-11-17)13-15-6-4-3-5-7-15/h3-11,18,22H,2,12-14H2,1H3. The second-order valence-corrected chi connectivity index (χ2v) is 7.39. The van der Waals surface area contributed by atoms with Crippen LogP contribution in [0.15, 0.2) is 59.8 Å². The molecule has 1 atom stereocenters. The Morgan fingerprint density at radius 2 is 1.73 bits per heavy atom. The van der Waals surface area contributed by atoms with Crippen LogP contribution in [0.25, 0.3) is 0 Å². The number of oxime groups is 1. The Balaban J connectivity index is 2.21. The average molecular weight is 379 g/mol. The van der Waals surface area contributed by atoms with Gasteiger partial charge >= 0.3 is 10.1 Å². The Hall–Kier alpha value is -2.25. The molecule has 0 aromatic heterocycles. The van der Waals surface area contributed by atoms with Crippen LogP contribution in [0.4, 0.5) is 4.39 Å². The topological polar surface area (TPSA) is 76.0 Å². The molecule has 26 heavy (non-hydrogen) atoms. The quantitative estimate of drug-likeness (QED) is 0.248. The number of halogens is 1. The lowest BCUT2D eigenvalue weighted by Gasteiger charge is -2.16. The summed E-state index contributed by atoms with van der Waals surface area (Å²) in [5.41, 5.74) is 2.54. The highest BCUT2D eigenvalue weighted by molar-refractivity contribution is 8.02. The maximum absolute atomic E-state index is 13.6. The van der Waals surface area contributed by atoms with Gasteiger partial charge in [0.05, 0.1) is 12.5 Å². The minimum Gasteiger partial charge on any atom is -0.410 e. The first-order chi connectivity index (χ1) is 12.5. The minimum atomic E-state index is -4.29. The maximum Gasteiger partial charge on any atom is 0.314 e. The summed E-state index contributed by atoms with van der Waals surface area (Å²) in [6.07, 6.45) is 1.17. The van der Waals surface area contributed by atoms with Crippen LogP contribution < -0.4 is 0 Å². The average Bonchev–Trinajstić information content (AvgIpc) is 2.66.